The Morgan fingerprint density at radius 3 is 2.35 bits per heavy atom. The molecule has 1 heterocycles. The number of methoxy groups -OCH3 is 2. The van der Waals surface area contributed by atoms with Crippen molar-refractivity contribution >= 4 is 11.8 Å². The number of carbonyl (C=O) groups is 2. The lowest BCUT2D eigenvalue weighted by Gasteiger charge is -2.28. The number of nitrogens with zero attached hydrogens (tertiary/aromatic N) is 2. The van der Waals surface area contributed by atoms with E-state index in [1.54, 1.807) is 36.3 Å². The number of amides is 2. The smallest absolute Gasteiger partial charge is 0.242 e. The average molecular weight is 431 g/mol. The second-order valence-electron chi connectivity index (χ2n) is 7.86. The van der Waals surface area contributed by atoms with Crippen molar-refractivity contribution in [1.82, 2.24) is 9.80 Å². The van der Waals surface area contributed by atoms with Crippen LogP contribution >= 0.6 is 0 Å². The fourth-order valence-corrected chi connectivity index (χ4v) is 3.36. The van der Waals surface area contributed by atoms with Crippen molar-refractivity contribution in [2.24, 2.45) is 5.92 Å². The maximum absolute atomic E-state index is 13.2. The average Bonchev–Trinajstić information content (AvgIpc) is 3.28. The van der Waals surface area contributed by atoms with Crippen LogP contribution in [-0.2, 0) is 22.6 Å². The number of benzene rings is 1. The Hall–Kier alpha value is -2.96. The molecule has 0 bridgehead atoms. The van der Waals surface area contributed by atoms with Gasteiger partial charge in [-0.1, -0.05) is 26.8 Å². The summed E-state index contributed by atoms with van der Waals surface area (Å²) in [5, 5.41) is 0. The Morgan fingerprint density at radius 2 is 1.77 bits per heavy atom. The molecule has 7 nitrogen and oxygen atoms in total. The number of hydrogen-bond acceptors (Lipinski definition) is 5. The lowest BCUT2D eigenvalue weighted by Crippen LogP contribution is -2.44. The molecular weight excluding hydrogens is 396 g/mol. The standard InChI is InChI=1S/C24H34N2O5/c1-6-23(27)26(15-18(2)3)17-24(28)25(16-20-8-7-13-31-20)12-11-19-9-10-21(29-4)22(14-19)30-5/h7-10,13-14,18H,6,11-12,15-17H2,1-5H3. The predicted molar refractivity (Wildman–Crippen MR) is 119 cm³/mol. The van der Waals surface area contributed by atoms with Crippen molar-refractivity contribution in [3.8, 4) is 11.5 Å². The van der Waals surface area contributed by atoms with Gasteiger partial charge in [-0.05, 0) is 42.2 Å². The van der Waals surface area contributed by atoms with Crippen LogP contribution in [0.2, 0.25) is 0 Å². The number of ether oxygens (including phenoxy) is 2. The molecule has 2 aromatic rings. The quantitative estimate of drug-likeness (QED) is 0.513. The second-order valence-corrected chi connectivity index (χ2v) is 7.86. The van der Waals surface area contributed by atoms with E-state index in [1.807, 2.05) is 45.0 Å². The number of furan rings is 1. The van der Waals surface area contributed by atoms with E-state index >= 15 is 0 Å². The highest BCUT2D eigenvalue weighted by Crippen LogP contribution is 2.27. The van der Waals surface area contributed by atoms with Gasteiger partial charge in [0.2, 0.25) is 11.8 Å². The maximum atomic E-state index is 13.2. The SMILES string of the molecule is CCC(=O)N(CC(=O)N(CCc1ccc(OC)c(OC)c1)Cc1ccco1)CC(C)C. The van der Waals surface area contributed by atoms with E-state index in [2.05, 4.69) is 0 Å². The van der Waals surface area contributed by atoms with E-state index in [4.69, 9.17) is 13.9 Å². The Balaban J connectivity index is 2.14. The minimum Gasteiger partial charge on any atom is -0.493 e. The van der Waals surface area contributed by atoms with Crippen molar-refractivity contribution in [2.45, 2.75) is 40.2 Å². The molecule has 1 aromatic carbocycles. The summed E-state index contributed by atoms with van der Waals surface area (Å²) in [7, 11) is 3.20. The molecule has 2 amide bonds. The highest BCUT2D eigenvalue weighted by Gasteiger charge is 2.22. The van der Waals surface area contributed by atoms with Crippen molar-refractivity contribution in [2.75, 3.05) is 33.9 Å². The van der Waals surface area contributed by atoms with Gasteiger partial charge in [-0.15, -0.1) is 0 Å². The Kier molecular flexibility index (Phi) is 9.43. The third-order valence-electron chi connectivity index (χ3n) is 4.96. The minimum absolute atomic E-state index is 0.0140. The first-order valence-electron chi connectivity index (χ1n) is 10.7. The zero-order chi connectivity index (χ0) is 22.8. The van der Waals surface area contributed by atoms with E-state index in [1.165, 1.54) is 0 Å². The zero-order valence-corrected chi connectivity index (χ0v) is 19.2. The van der Waals surface area contributed by atoms with Gasteiger partial charge in [-0.2, -0.15) is 0 Å². The van der Waals surface area contributed by atoms with Gasteiger partial charge in [-0.25, -0.2) is 0 Å². The first-order valence-corrected chi connectivity index (χ1v) is 10.7. The normalized spacial score (nSPS) is 10.8. The van der Waals surface area contributed by atoms with E-state index < -0.39 is 0 Å². The molecule has 0 fully saturated rings. The molecule has 0 atom stereocenters. The number of carbonyl (C=O) groups excluding carboxylic acids is 2. The van der Waals surface area contributed by atoms with Gasteiger partial charge in [0.25, 0.3) is 0 Å². The van der Waals surface area contributed by atoms with Gasteiger partial charge in [0, 0.05) is 19.5 Å². The Morgan fingerprint density at radius 1 is 1.03 bits per heavy atom. The van der Waals surface area contributed by atoms with Crippen LogP contribution in [0.25, 0.3) is 0 Å². The first kappa shape index (κ1) is 24.3. The summed E-state index contributed by atoms with van der Waals surface area (Å²) in [4.78, 5) is 28.9. The molecule has 0 saturated carbocycles. The first-order chi connectivity index (χ1) is 14.9. The zero-order valence-electron chi connectivity index (χ0n) is 19.2. The summed E-state index contributed by atoms with van der Waals surface area (Å²) in [5.74, 6) is 2.20. The van der Waals surface area contributed by atoms with E-state index in [0.29, 0.717) is 49.7 Å². The fraction of sp³-hybridized carbons (Fsp3) is 0.500. The third-order valence-corrected chi connectivity index (χ3v) is 4.96. The minimum atomic E-state index is -0.0978. The molecular formula is C24H34N2O5. The molecule has 0 aliphatic carbocycles. The number of hydrogen-bond donors (Lipinski definition) is 0. The summed E-state index contributed by atoms with van der Waals surface area (Å²) in [5.41, 5.74) is 1.03. The van der Waals surface area contributed by atoms with Gasteiger partial charge in [-0.3, -0.25) is 9.59 Å². The molecule has 31 heavy (non-hydrogen) atoms. The van der Waals surface area contributed by atoms with E-state index in [0.717, 1.165) is 5.56 Å². The van der Waals surface area contributed by atoms with E-state index in [9.17, 15) is 9.59 Å². The van der Waals surface area contributed by atoms with Crippen molar-refractivity contribution in [3.63, 3.8) is 0 Å². The predicted octanol–water partition coefficient (Wildman–Crippen LogP) is 3.76. The van der Waals surface area contributed by atoms with Crippen LogP contribution < -0.4 is 9.47 Å². The molecule has 0 unspecified atom stereocenters. The lowest BCUT2D eigenvalue weighted by atomic mass is 10.1. The molecule has 0 spiro atoms. The Bertz CT molecular complexity index is 833. The van der Waals surface area contributed by atoms with Crippen molar-refractivity contribution < 1.29 is 23.5 Å². The fourth-order valence-electron chi connectivity index (χ4n) is 3.36. The summed E-state index contributed by atoms with van der Waals surface area (Å²) >= 11 is 0. The van der Waals surface area contributed by atoms with Gasteiger partial charge < -0.3 is 23.7 Å². The number of rotatable bonds is 12. The van der Waals surface area contributed by atoms with Crippen molar-refractivity contribution in [1.29, 1.82) is 0 Å². The monoisotopic (exact) mass is 430 g/mol. The highest BCUT2D eigenvalue weighted by atomic mass is 16.5. The summed E-state index contributed by atoms with van der Waals surface area (Å²) in [6, 6.07) is 9.39. The van der Waals surface area contributed by atoms with Crippen molar-refractivity contribution in [3.05, 3.63) is 47.9 Å². The van der Waals surface area contributed by atoms with Crippen LogP contribution in [0.15, 0.2) is 41.0 Å². The summed E-state index contributed by atoms with van der Waals surface area (Å²) in [6.07, 6.45) is 2.61. The highest BCUT2D eigenvalue weighted by molar-refractivity contribution is 5.84. The molecule has 7 heteroatoms. The van der Waals surface area contributed by atoms with Crippen LogP contribution in [0, 0.1) is 5.92 Å². The largest absolute Gasteiger partial charge is 0.493 e. The second kappa shape index (κ2) is 12.0. The molecule has 0 radical (unpaired) electrons. The van der Waals surface area contributed by atoms with Gasteiger partial charge in [0.1, 0.15) is 5.76 Å². The van der Waals surface area contributed by atoms with Crippen LogP contribution in [-0.4, -0.2) is 55.5 Å². The summed E-state index contributed by atoms with van der Waals surface area (Å²) < 4.78 is 16.1. The molecule has 1 aromatic heterocycles. The molecule has 0 N–H and O–H groups in total. The topological polar surface area (TPSA) is 72.2 Å². The molecule has 0 aliphatic heterocycles. The van der Waals surface area contributed by atoms with Gasteiger partial charge >= 0.3 is 0 Å². The van der Waals surface area contributed by atoms with Crippen LogP contribution in [0.3, 0.4) is 0 Å². The van der Waals surface area contributed by atoms with Crippen LogP contribution in [0.4, 0.5) is 0 Å². The van der Waals surface area contributed by atoms with Crippen LogP contribution in [0.1, 0.15) is 38.5 Å². The molecule has 0 saturated heterocycles. The van der Waals surface area contributed by atoms with Gasteiger partial charge in [0.05, 0.1) is 33.6 Å². The lowest BCUT2D eigenvalue weighted by molar-refractivity contribution is -0.141. The summed E-state index contributed by atoms with van der Waals surface area (Å²) in [6.45, 7) is 7.37. The third kappa shape index (κ3) is 7.35. The Labute approximate surface area is 184 Å². The maximum Gasteiger partial charge on any atom is 0.242 e. The molecule has 170 valence electrons. The van der Waals surface area contributed by atoms with Gasteiger partial charge in [0.15, 0.2) is 11.5 Å². The molecule has 0 aliphatic rings. The van der Waals surface area contributed by atoms with Crippen LogP contribution in [0.5, 0.6) is 11.5 Å². The van der Waals surface area contributed by atoms with E-state index in [-0.39, 0.29) is 24.3 Å². The molecule has 2 rings (SSSR count).